The maximum Gasteiger partial charge on any atom is 0.335 e. The van der Waals surface area contributed by atoms with Gasteiger partial charge >= 0.3 is 5.97 Å². The Bertz CT molecular complexity index is 1810. The van der Waals surface area contributed by atoms with Gasteiger partial charge in [-0.1, -0.05) is 29.8 Å². The summed E-state index contributed by atoms with van der Waals surface area (Å²) < 4.78 is 16.5. The first-order valence-electron chi connectivity index (χ1n) is 14.9. The Balaban J connectivity index is 1.07. The molecule has 2 aliphatic rings. The third-order valence-corrected chi connectivity index (χ3v) is 9.72. The third-order valence-electron chi connectivity index (χ3n) is 9.48. The number of fused-ring (bicyclic) bond motifs is 1. The molecule has 3 heterocycles. The molecule has 6 nitrogen and oxygen atoms in total. The highest BCUT2D eigenvalue weighted by Gasteiger charge is 2.57. The second-order valence-corrected chi connectivity index (χ2v) is 12.5. The van der Waals surface area contributed by atoms with E-state index in [1.165, 1.54) is 6.07 Å². The van der Waals surface area contributed by atoms with Crippen molar-refractivity contribution in [1.82, 2.24) is 19.5 Å². The lowest BCUT2D eigenvalue weighted by Gasteiger charge is -2.29. The van der Waals surface area contributed by atoms with E-state index in [0.29, 0.717) is 41.8 Å². The van der Waals surface area contributed by atoms with Gasteiger partial charge in [-0.15, -0.1) is 0 Å². The maximum absolute atomic E-state index is 14.3. The number of aryl methyl sites for hydroxylation is 2. The standard InChI is InChI=1S/C35H32ClFN4O2/c36-26-9-6-23(29(37)18-26)7-10-27-4-1-5-30(39-27)24-12-14-35(15-13-24)19-28(35)33-40-31-11-8-25(34(42)43)17-32(31)41(33)21-22-3-2-16-38-20-22/h1-6,8-9,11,16-18,20,24,28H,7,10,12-15,19,21H2,(H,42,43). The summed E-state index contributed by atoms with van der Waals surface area (Å²) in [7, 11) is 0. The van der Waals surface area contributed by atoms with Crippen LogP contribution in [-0.2, 0) is 19.4 Å². The van der Waals surface area contributed by atoms with Gasteiger partial charge in [0, 0.05) is 40.6 Å². The number of imidazole rings is 1. The van der Waals surface area contributed by atoms with Crippen molar-refractivity contribution in [2.24, 2.45) is 5.41 Å². The predicted molar refractivity (Wildman–Crippen MR) is 164 cm³/mol. The molecule has 1 N–H and O–H groups in total. The summed E-state index contributed by atoms with van der Waals surface area (Å²) in [4.78, 5) is 26.1. The summed E-state index contributed by atoms with van der Waals surface area (Å²) in [5.41, 5.74) is 6.02. The van der Waals surface area contributed by atoms with Crippen molar-refractivity contribution in [3.63, 3.8) is 0 Å². The fourth-order valence-corrected chi connectivity index (χ4v) is 7.15. The normalized spacial score (nSPS) is 21.3. The Labute approximate surface area is 254 Å². The molecule has 2 saturated carbocycles. The molecule has 1 atom stereocenters. The molecule has 5 aromatic rings. The number of hydrogen-bond acceptors (Lipinski definition) is 4. The van der Waals surface area contributed by atoms with E-state index >= 15 is 0 Å². The lowest BCUT2D eigenvalue weighted by atomic mass is 9.77. The van der Waals surface area contributed by atoms with Crippen molar-refractivity contribution in [2.75, 3.05) is 0 Å². The highest BCUT2D eigenvalue weighted by molar-refractivity contribution is 6.30. The van der Waals surface area contributed by atoms with Crippen LogP contribution in [0.2, 0.25) is 5.02 Å². The second-order valence-electron chi connectivity index (χ2n) is 12.1. The Kier molecular flexibility index (Phi) is 7.21. The summed E-state index contributed by atoms with van der Waals surface area (Å²) >= 11 is 5.91. The topological polar surface area (TPSA) is 80.9 Å². The number of aromatic carboxylic acids is 1. The van der Waals surface area contributed by atoms with E-state index in [9.17, 15) is 14.3 Å². The molecule has 2 fully saturated rings. The minimum absolute atomic E-state index is 0.226. The molecule has 0 radical (unpaired) electrons. The minimum Gasteiger partial charge on any atom is -0.478 e. The van der Waals surface area contributed by atoms with Crippen molar-refractivity contribution < 1.29 is 14.3 Å². The lowest BCUT2D eigenvalue weighted by molar-refractivity contribution is 0.0697. The van der Waals surface area contributed by atoms with Crippen LogP contribution in [0.3, 0.4) is 0 Å². The van der Waals surface area contributed by atoms with Gasteiger partial charge in [-0.05, 0) is 110 Å². The van der Waals surface area contributed by atoms with E-state index in [2.05, 4.69) is 21.7 Å². The Morgan fingerprint density at radius 3 is 2.65 bits per heavy atom. The summed E-state index contributed by atoms with van der Waals surface area (Å²) in [6, 6.07) is 20.3. The molecular weight excluding hydrogens is 563 g/mol. The van der Waals surface area contributed by atoms with Gasteiger partial charge in [0.1, 0.15) is 11.6 Å². The van der Waals surface area contributed by atoms with E-state index in [-0.39, 0.29) is 16.8 Å². The van der Waals surface area contributed by atoms with Crippen LogP contribution in [-0.4, -0.2) is 30.6 Å². The van der Waals surface area contributed by atoms with Crippen molar-refractivity contribution >= 4 is 28.6 Å². The smallest absolute Gasteiger partial charge is 0.335 e. The van der Waals surface area contributed by atoms with E-state index in [1.54, 1.807) is 30.5 Å². The SMILES string of the molecule is O=C(O)c1ccc2nc(C3CC34CCC(c3cccc(CCc5ccc(Cl)cc5F)n3)CC4)n(Cc3cccnc3)c2c1. The van der Waals surface area contributed by atoms with Crippen LogP contribution >= 0.6 is 11.6 Å². The molecule has 3 aromatic heterocycles. The molecule has 218 valence electrons. The van der Waals surface area contributed by atoms with Gasteiger partial charge in [-0.25, -0.2) is 14.2 Å². The molecule has 2 aromatic carbocycles. The van der Waals surface area contributed by atoms with Gasteiger partial charge in [0.15, 0.2) is 0 Å². The summed E-state index contributed by atoms with van der Waals surface area (Å²) in [5.74, 6) is 0.602. The Morgan fingerprint density at radius 1 is 1.02 bits per heavy atom. The van der Waals surface area contributed by atoms with E-state index in [4.69, 9.17) is 21.6 Å². The molecule has 0 bridgehead atoms. The number of benzene rings is 2. The van der Waals surface area contributed by atoms with Crippen molar-refractivity contribution in [1.29, 1.82) is 0 Å². The largest absolute Gasteiger partial charge is 0.478 e. The zero-order chi connectivity index (χ0) is 29.6. The lowest BCUT2D eigenvalue weighted by Crippen LogP contribution is -2.18. The number of rotatable bonds is 8. The van der Waals surface area contributed by atoms with Gasteiger partial charge in [0.2, 0.25) is 0 Å². The van der Waals surface area contributed by atoms with Crippen LogP contribution in [0.15, 0.2) is 79.1 Å². The molecule has 1 unspecified atom stereocenters. The maximum atomic E-state index is 14.3. The van der Waals surface area contributed by atoms with Gasteiger partial charge in [0.05, 0.1) is 23.1 Å². The van der Waals surface area contributed by atoms with Crippen LogP contribution in [0.4, 0.5) is 4.39 Å². The van der Waals surface area contributed by atoms with Crippen LogP contribution in [0, 0.1) is 11.2 Å². The van der Waals surface area contributed by atoms with E-state index in [1.807, 2.05) is 30.5 Å². The highest BCUT2D eigenvalue weighted by Crippen LogP contribution is 2.67. The molecule has 2 aliphatic carbocycles. The number of carboxylic acid groups (broad SMARTS) is 1. The van der Waals surface area contributed by atoms with Crippen LogP contribution < -0.4 is 0 Å². The Hall–Kier alpha value is -4.10. The number of carboxylic acids is 1. The van der Waals surface area contributed by atoms with Gasteiger partial charge in [-0.2, -0.15) is 0 Å². The van der Waals surface area contributed by atoms with Gasteiger partial charge in [0.25, 0.3) is 0 Å². The van der Waals surface area contributed by atoms with Gasteiger partial charge < -0.3 is 9.67 Å². The van der Waals surface area contributed by atoms with Gasteiger partial charge in [-0.3, -0.25) is 9.97 Å². The minimum atomic E-state index is -0.936. The molecule has 7 rings (SSSR count). The Morgan fingerprint density at radius 2 is 1.88 bits per heavy atom. The average Bonchev–Trinajstić information content (AvgIpc) is 3.59. The fraction of sp³-hybridized carbons (Fsp3) is 0.314. The second kappa shape index (κ2) is 11.2. The molecule has 8 heteroatoms. The summed E-state index contributed by atoms with van der Waals surface area (Å²) in [6.07, 6.45) is 10.4. The number of halogens is 2. The number of hydrogen-bond donors (Lipinski definition) is 1. The summed E-state index contributed by atoms with van der Waals surface area (Å²) in [5, 5.41) is 10.0. The quantitative estimate of drug-likeness (QED) is 0.197. The zero-order valence-corrected chi connectivity index (χ0v) is 24.5. The van der Waals surface area contributed by atoms with Crippen LogP contribution in [0.25, 0.3) is 11.0 Å². The van der Waals surface area contributed by atoms with E-state index in [0.717, 1.165) is 65.9 Å². The number of nitrogens with zero attached hydrogens (tertiary/aromatic N) is 4. The molecular formula is C35H32ClFN4O2. The van der Waals surface area contributed by atoms with Crippen molar-refractivity contribution in [3.05, 3.63) is 124 Å². The number of carbonyl (C=O) groups is 1. The van der Waals surface area contributed by atoms with Crippen molar-refractivity contribution in [3.8, 4) is 0 Å². The van der Waals surface area contributed by atoms with Crippen LogP contribution in [0.5, 0.6) is 0 Å². The number of aromatic nitrogens is 4. The first-order valence-corrected chi connectivity index (χ1v) is 15.3. The average molecular weight is 595 g/mol. The molecule has 0 saturated heterocycles. The third kappa shape index (κ3) is 5.54. The number of pyridine rings is 2. The molecule has 0 amide bonds. The summed E-state index contributed by atoms with van der Waals surface area (Å²) in [6.45, 7) is 0.606. The predicted octanol–water partition coefficient (Wildman–Crippen LogP) is 7.98. The first kappa shape index (κ1) is 27.7. The monoisotopic (exact) mass is 594 g/mol. The van der Waals surface area contributed by atoms with Crippen LogP contribution in [0.1, 0.15) is 82.6 Å². The first-order chi connectivity index (χ1) is 20.9. The fourth-order valence-electron chi connectivity index (χ4n) is 6.99. The highest BCUT2D eigenvalue weighted by atomic mass is 35.5. The zero-order valence-electron chi connectivity index (χ0n) is 23.7. The molecule has 0 aliphatic heterocycles. The van der Waals surface area contributed by atoms with Crippen molar-refractivity contribution in [2.45, 2.75) is 63.3 Å². The molecule has 43 heavy (non-hydrogen) atoms. The molecule has 1 spiro atoms. The van der Waals surface area contributed by atoms with E-state index < -0.39 is 5.97 Å².